The van der Waals surface area contributed by atoms with Crippen molar-refractivity contribution in [3.05, 3.63) is 65.7 Å². The van der Waals surface area contributed by atoms with Crippen LogP contribution in [-0.4, -0.2) is 29.9 Å². The van der Waals surface area contributed by atoms with E-state index in [1.54, 1.807) is 0 Å². The third kappa shape index (κ3) is 3.95. The van der Waals surface area contributed by atoms with Gasteiger partial charge in [-0.05, 0) is 49.1 Å². The Hall–Kier alpha value is -2.33. The molecule has 2 aromatic rings. The number of carbonyl (C=O) groups excluding carboxylic acids is 1. The first-order valence-electron chi connectivity index (χ1n) is 8.56. The fraction of sp³-hybridized carbons (Fsp3) is 0.350. The lowest BCUT2D eigenvalue weighted by atomic mass is 10.0. The molecule has 4 nitrogen and oxygen atoms in total. The van der Waals surface area contributed by atoms with E-state index in [4.69, 9.17) is 10.5 Å². The summed E-state index contributed by atoms with van der Waals surface area (Å²) in [7, 11) is 0. The van der Waals surface area contributed by atoms with Crippen molar-refractivity contribution in [2.24, 2.45) is 5.73 Å². The molecular weight excluding hydrogens is 300 g/mol. The fourth-order valence-electron chi connectivity index (χ4n) is 3.11. The molecule has 1 amide bonds. The summed E-state index contributed by atoms with van der Waals surface area (Å²) < 4.78 is 5.73. The van der Waals surface area contributed by atoms with E-state index in [-0.39, 0.29) is 11.9 Å². The second-order valence-electron chi connectivity index (χ2n) is 6.18. The molecule has 0 bridgehead atoms. The summed E-state index contributed by atoms with van der Waals surface area (Å²) >= 11 is 0. The lowest BCUT2D eigenvalue weighted by Crippen LogP contribution is -2.47. The second-order valence-corrected chi connectivity index (χ2v) is 6.18. The Labute approximate surface area is 143 Å². The van der Waals surface area contributed by atoms with Crippen LogP contribution in [0.4, 0.5) is 0 Å². The molecule has 1 aliphatic heterocycles. The zero-order valence-electron chi connectivity index (χ0n) is 13.9. The number of rotatable bonds is 5. The lowest BCUT2D eigenvalue weighted by Gasteiger charge is -2.35. The number of hydrogen-bond donors (Lipinski definition) is 1. The predicted octanol–water partition coefficient (Wildman–Crippen LogP) is 3.22. The van der Waals surface area contributed by atoms with E-state index in [1.807, 2.05) is 59.5 Å². The molecule has 1 fully saturated rings. The van der Waals surface area contributed by atoms with Crippen LogP contribution in [0.15, 0.2) is 54.6 Å². The molecule has 1 aliphatic rings. The highest BCUT2D eigenvalue weighted by Gasteiger charge is 2.26. The Kier molecular flexibility index (Phi) is 5.49. The maximum absolute atomic E-state index is 12.7. The molecule has 1 saturated heterocycles. The summed E-state index contributed by atoms with van der Waals surface area (Å²) in [5.74, 6) is 0.928. The molecular formula is C20H24N2O2. The number of nitrogens with zero attached hydrogens (tertiary/aromatic N) is 1. The van der Waals surface area contributed by atoms with Gasteiger partial charge in [0.1, 0.15) is 12.4 Å². The number of amides is 1. The van der Waals surface area contributed by atoms with Crippen LogP contribution in [-0.2, 0) is 6.61 Å². The summed E-state index contributed by atoms with van der Waals surface area (Å²) in [5, 5.41) is 0. The minimum Gasteiger partial charge on any atom is -0.489 e. The van der Waals surface area contributed by atoms with E-state index in [1.165, 1.54) is 0 Å². The van der Waals surface area contributed by atoms with E-state index in [9.17, 15) is 4.79 Å². The lowest BCUT2D eigenvalue weighted by molar-refractivity contribution is 0.0623. The molecule has 0 spiro atoms. The van der Waals surface area contributed by atoms with E-state index < -0.39 is 0 Å². The fourth-order valence-corrected chi connectivity index (χ4v) is 3.11. The first kappa shape index (κ1) is 16.5. The summed E-state index contributed by atoms with van der Waals surface area (Å²) in [6.07, 6.45) is 3.22. The Morgan fingerprint density at radius 3 is 2.54 bits per heavy atom. The van der Waals surface area contributed by atoms with Crippen LogP contribution in [0.3, 0.4) is 0 Å². The number of piperidine rings is 1. The van der Waals surface area contributed by atoms with Gasteiger partial charge in [0.25, 0.3) is 5.91 Å². The highest BCUT2D eigenvalue weighted by Crippen LogP contribution is 2.19. The van der Waals surface area contributed by atoms with Gasteiger partial charge in [0.15, 0.2) is 0 Å². The van der Waals surface area contributed by atoms with Crippen molar-refractivity contribution in [3.63, 3.8) is 0 Å². The zero-order chi connectivity index (χ0) is 16.8. The zero-order valence-corrected chi connectivity index (χ0v) is 13.9. The van der Waals surface area contributed by atoms with Crippen LogP contribution >= 0.6 is 0 Å². The third-order valence-electron chi connectivity index (χ3n) is 4.51. The Morgan fingerprint density at radius 2 is 1.83 bits per heavy atom. The van der Waals surface area contributed by atoms with Gasteiger partial charge in [-0.1, -0.05) is 30.3 Å². The van der Waals surface area contributed by atoms with Gasteiger partial charge < -0.3 is 15.4 Å². The van der Waals surface area contributed by atoms with Gasteiger partial charge in [0.05, 0.1) is 0 Å². The number of benzene rings is 2. The highest BCUT2D eigenvalue weighted by molar-refractivity contribution is 5.94. The minimum atomic E-state index is 0.0840. The van der Waals surface area contributed by atoms with Gasteiger partial charge in [-0.3, -0.25) is 4.79 Å². The average Bonchev–Trinajstić information content (AvgIpc) is 2.67. The molecule has 0 aromatic heterocycles. The first-order valence-corrected chi connectivity index (χ1v) is 8.56. The van der Waals surface area contributed by atoms with E-state index in [0.717, 1.165) is 42.7 Å². The molecule has 4 heteroatoms. The summed E-state index contributed by atoms with van der Waals surface area (Å²) in [4.78, 5) is 14.6. The normalized spacial score (nSPS) is 17.5. The van der Waals surface area contributed by atoms with Gasteiger partial charge in [-0.15, -0.1) is 0 Å². The van der Waals surface area contributed by atoms with Crippen molar-refractivity contribution in [2.75, 3.05) is 13.1 Å². The standard InChI is InChI=1S/C20H24N2O2/c21-14-18-6-4-5-13-22(18)20(23)17-11-9-16(10-12-17)15-24-19-7-2-1-3-8-19/h1-3,7-12,18H,4-6,13-15,21H2. The van der Waals surface area contributed by atoms with Gasteiger partial charge in [-0.2, -0.15) is 0 Å². The van der Waals surface area contributed by atoms with Crippen molar-refractivity contribution < 1.29 is 9.53 Å². The van der Waals surface area contributed by atoms with Crippen molar-refractivity contribution in [3.8, 4) is 5.75 Å². The van der Waals surface area contributed by atoms with Crippen molar-refractivity contribution in [1.29, 1.82) is 0 Å². The number of likely N-dealkylation sites (tertiary alicyclic amines) is 1. The van der Waals surface area contributed by atoms with Crippen molar-refractivity contribution >= 4 is 5.91 Å². The summed E-state index contributed by atoms with van der Waals surface area (Å²) in [6, 6.07) is 17.6. The van der Waals surface area contributed by atoms with Crippen LogP contribution in [0, 0.1) is 0 Å². The summed E-state index contributed by atoms with van der Waals surface area (Å²) in [5.41, 5.74) is 7.58. The molecule has 0 saturated carbocycles. The largest absolute Gasteiger partial charge is 0.489 e. The molecule has 126 valence electrons. The van der Waals surface area contributed by atoms with Crippen LogP contribution < -0.4 is 10.5 Å². The van der Waals surface area contributed by atoms with Crippen LogP contribution in [0.5, 0.6) is 5.75 Å². The van der Waals surface area contributed by atoms with E-state index >= 15 is 0 Å². The summed E-state index contributed by atoms with van der Waals surface area (Å²) in [6.45, 7) is 1.84. The minimum absolute atomic E-state index is 0.0840. The Balaban J connectivity index is 1.62. The molecule has 3 rings (SSSR count). The SMILES string of the molecule is NCC1CCCCN1C(=O)c1ccc(COc2ccccc2)cc1. The van der Waals surface area contributed by atoms with Crippen molar-refractivity contribution in [2.45, 2.75) is 31.9 Å². The molecule has 1 atom stereocenters. The number of nitrogens with two attached hydrogens (primary N) is 1. The molecule has 2 N–H and O–H groups in total. The van der Waals surface area contributed by atoms with Crippen LogP contribution in [0.25, 0.3) is 0 Å². The van der Waals surface area contributed by atoms with Gasteiger partial charge in [0, 0.05) is 24.7 Å². The van der Waals surface area contributed by atoms with E-state index in [2.05, 4.69) is 0 Å². The molecule has 2 aromatic carbocycles. The number of para-hydroxylation sites is 1. The molecule has 0 radical (unpaired) electrons. The average molecular weight is 324 g/mol. The highest BCUT2D eigenvalue weighted by atomic mass is 16.5. The Morgan fingerprint density at radius 1 is 1.08 bits per heavy atom. The predicted molar refractivity (Wildman–Crippen MR) is 94.9 cm³/mol. The first-order chi connectivity index (χ1) is 11.8. The number of ether oxygens (including phenoxy) is 1. The third-order valence-corrected chi connectivity index (χ3v) is 4.51. The topological polar surface area (TPSA) is 55.6 Å². The maximum atomic E-state index is 12.7. The monoisotopic (exact) mass is 324 g/mol. The van der Waals surface area contributed by atoms with Gasteiger partial charge in [-0.25, -0.2) is 0 Å². The smallest absolute Gasteiger partial charge is 0.254 e. The molecule has 1 unspecified atom stereocenters. The van der Waals surface area contributed by atoms with E-state index in [0.29, 0.717) is 13.2 Å². The Bertz CT molecular complexity index is 655. The van der Waals surface area contributed by atoms with Gasteiger partial charge >= 0.3 is 0 Å². The molecule has 0 aliphatic carbocycles. The number of hydrogen-bond acceptors (Lipinski definition) is 3. The van der Waals surface area contributed by atoms with Crippen LogP contribution in [0.1, 0.15) is 35.2 Å². The second kappa shape index (κ2) is 7.97. The maximum Gasteiger partial charge on any atom is 0.254 e. The molecule has 1 heterocycles. The van der Waals surface area contributed by atoms with Crippen LogP contribution in [0.2, 0.25) is 0 Å². The van der Waals surface area contributed by atoms with Gasteiger partial charge in [0.2, 0.25) is 0 Å². The van der Waals surface area contributed by atoms with Crippen molar-refractivity contribution in [1.82, 2.24) is 4.90 Å². The quantitative estimate of drug-likeness (QED) is 0.919. The molecule has 24 heavy (non-hydrogen) atoms. The number of carbonyl (C=O) groups is 1.